The molecule has 2 aromatic heterocycles. The van der Waals surface area contributed by atoms with Crippen LogP contribution >= 0.6 is 15.9 Å². The van der Waals surface area contributed by atoms with E-state index in [2.05, 4.69) is 36.1 Å². The molecule has 0 spiro atoms. The molecule has 166 valence electrons. The number of carboxylic acid groups (broad SMARTS) is 2. The van der Waals surface area contributed by atoms with Crippen molar-refractivity contribution in [2.24, 2.45) is 11.7 Å². The molecule has 3 heterocycles. The van der Waals surface area contributed by atoms with E-state index in [1.165, 1.54) is 0 Å². The zero-order chi connectivity index (χ0) is 22.5. The largest absolute Gasteiger partial charge is 0.478 e. The van der Waals surface area contributed by atoms with Gasteiger partial charge < -0.3 is 31.1 Å². The van der Waals surface area contributed by atoms with Gasteiger partial charge in [0.15, 0.2) is 0 Å². The Morgan fingerprint density at radius 2 is 1.90 bits per heavy atom. The van der Waals surface area contributed by atoms with Crippen LogP contribution in [0.2, 0.25) is 0 Å². The Morgan fingerprint density at radius 1 is 1.23 bits per heavy atom. The quantitative estimate of drug-likeness (QED) is 0.396. The third-order valence-corrected chi connectivity index (χ3v) is 5.56. The number of nitrogens with one attached hydrogen (secondary N) is 2. The highest BCUT2D eigenvalue weighted by molar-refractivity contribution is 9.10. The van der Waals surface area contributed by atoms with Crippen molar-refractivity contribution in [2.75, 3.05) is 23.3 Å². The van der Waals surface area contributed by atoms with Crippen LogP contribution in [0.5, 0.6) is 0 Å². The number of hydrogen-bond acceptors (Lipinski definition) is 6. The predicted octanol–water partition coefficient (Wildman–Crippen LogP) is 2.31. The van der Waals surface area contributed by atoms with Crippen molar-refractivity contribution in [3.63, 3.8) is 0 Å². The number of carbonyl (C=O) groups excluding carboxylic acids is 1. The molecule has 10 nitrogen and oxygen atoms in total. The Morgan fingerprint density at radius 3 is 2.48 bits per heavy atom. The van der Waals surface area contributed by atoms with E-state index in [-0.39, 0.29) is 17.9 Å². The minimum atomic E-state index is -1.26. The second-order valence-corrected chi connectivity index (χ2v) is 8.36. The van der Waals surface area contributed by atoms with Crippen LogP contribution in [0.4, 0.5) is 11.4 Å². The number of aromatic nitrogens is 2. The molecule has 1 saturated heterocycles. The molecule has 2 aromatic rings. The minimum absolute atomic E-state index is 0.104. The van der Waals surface area contributed by atoms with Crippen molar-refractivity contribution in [1.82, 2.24) is 9.97 Å². The maximum absolute atomic E-state index is 12.2. The molecule has 4 rings (SSSR count). The summed E-state index contributed by atoms with van der Waals surface area (Å²) in [4.78, 5) is 41.2. The topological polar surface area (TPSA) is 162 Å². The lowest BCUT2D eigenvalue weighted by molar-refractivity contribution is -0.134. The van der Waals surface area contributed by atoms with Crippen LogP contribution in [-0.2, 0) is 14.4 Å². The molecule has 6 N–H and O–H groups in total. The summed E-state index contributed by atoms with van der Waals surface area (Å²) in [7, 11) is 0. The highest BCUT2D eigenvalue weighted by atomic mass is 79.9. The Labute approximate surface area is 186 Å². The van der Waals surface area contributed by atoms with E-state index < -0.39 is 11.9 Å². The third-order valence-electron chi connectivity index (χ3n) is 4.98. The van der Waals surface area contributed by atoms with Gasteiger partial charge in [-0.05, 0) is 41.6 Å². The number of H-pyrrole nitrogens is 1. The van der Waals surface area contributed by atoms with Crippen LogP contribution in [0, 0.1) is 5.92 Å². The van der Waals surface area contributed by atoms with Crippen LogP contribution in [0.25, 0.3) is 11.0 Å². The maximum Gasteiger partial charge on any atom is 0.328 e. The van der Waals surface area contributed by atoms with Gasteiger partial charge in [-0.2, -0.15) is 0 Å². The highest BCUT2D eigenvalue weighted by Crippen LogP contribution is 2.39. The van der Waals surface area contributed by atoms with Crippen molar-refractivity contribution in [1.29, 1.82) is 0 Å². The van der Waals surface area contributed by atoms with Gasteiger partial charge in [0, 0.05) is 49.6 Å². The number of carboxylic acids is 2. The number of nitrogens with two attached hydrogens (primary N) is 1. The molecule has 31 heavy (non-hydrogen) atoms. The van der Waals surface area contributed by atoms with Crippen LogP contribution in [0.3, 0.4) is 0 Å². The molecular weight excluding hydrogens is 470 g/mol. The van der Waals surface area contributed by atoms with Gasteiger partial charge in [-0.15, -0.1) is 0 Å². The molecule has 1 saturated carbocycles. The van der Waals surface area contributed by atoms with Crippen molar-refractivity contribution < 1.29 is 24.6 Å². The summed E-state index contributed by atoms with van der Waals surface area (Å²) in [6.07, 6.45) is 8.86. The number of amides is 1. The number of pyridine rings is 1. The van der Waals surface area contributed by atoms with Crippen LogP contribution in [0.1, 0.15) is 25.7 Å². The summed E-state index contributed by atoms with van der Waals surface area (Å²) < 4.78 is 0.931. The Bertz CT molecular complexity index is 1000. The Balaban J connectivity index is 0.000000293. The fourth-order valence-electron chi connectivity index (χ4n) is 3.40. The Kier molecular flexibility index (Phi) is 7.29. The fourth-order valence-corrected chi connectivity index (χ4v) is 3.95. The predicted molar refractivity (Wildman–Crippen MR) is 119 cm³/mol. The first-order chi connectivity index (χ1) is 14.8. The fraction of sp³-hybridized carbons (Fsp3) is 0.400. The van der Waals surface area contributed by atoms with Gasteiger partial charge in [0.1, 0.15) is 5.65 Å². The van der Waals surface area contributed by atoms with Crippen molar-refractivity contribution in [3.05, 3.63) is 29.0 Å². The maximum atomic E-state index is 12.2. The molecule has 0 bridgehead atoms. The molecule has 0 aromatic carbocycles. The lowest BCUT2D eigenvalue weighted by Crippen LogP contribution is -2.43. The summed E-state index contributed by atoms with van der Waals surface area (Å²) >= 11 is 3.63. The number of aliphatic carboxylic acids is 2. The van der Waals surface area contributed by atoms with Gasteiger partial charge in [-0.3, -0.25) is 4.79 Å². The van der Waals surface area contributed by atoms with Gasteiger partial charge in [0.2, 0.25) is 5.91 Å². The van der Waals surface area contributed by atoms with Crippen molar-refractivity contribution >= 4 is 56.2 Å². The molecule has 1 atom stereocenters. The second kappa shape index (κ2) is 9.92. The molecule has 11 heteroatoms. The lowest BCUT2D eigenvalue weighted by Gasteiger charge is -2.33. The summed E-state index contributed by atoms with van der Waals surface area (Å²) in [6.45, 7) is 1.78. The lowest BCUT2D eigenvalue weighted by atomic mass is 10.1. The molecule has 1 amide bonds. The van der Waals surface area contributed by atoms with Gasteiger partial charge in [-0.25, -0.2) is 14.6 Å². The zero-order valence-electron chi connectivity index (χ0n) is 16.7. The normalized spacial score (nSPS) is 18.5. The van der Waals surface area contributed by atoms with E-state index in [1.54, 1.807) is 6.20 Å². The number of aromatic amines is 1. The van der Waals surface area contributed by atoms with Gasteiger partial charge in [-0.1, -0.05) is 0 Å². The molecule has 1 aliphatic heterocycles. The number of rotatable bonds is 5. The third kappa shape index (κ3) is 6.05. The number of halogens is 1. The molecule has 2 aliphatic rings. The summed E-state index contributed by atoms with van der Waals surface area (Å²) in [5, 5.41) is 19.6. The van der Waals surface area contributed by atoms with Gasteiger partial charge in [0.25, 0.3) is 0 Å². The number of nitrogens with zero attached hydrogens (tertiary/aromatic N) is 2. The Hall–Kier alpha value is -2.92. The van der Waals surface area contributed by atoms with Crippen LogP contribution in [0.15, 0.2) is 29.0 Å². The first-order valence-electron chi connectivity index (χ1n) is 9.87. The number of anilines is 2. The molecule has 0 radical (unpaired) electrons. The molecule has 2 fully saturated rings. The number of carbonyl (C=O) groups is 3. The second-order valence-electron chi connectivity index (χ2n) is 7.50. The summed E-state index contributed by atoms with van der Waals surface area (Å²) in [5.74, 6) is -2.24. The number of fused-ring (bicyclic) bond motifs is 1. The molecular formula is C20H24BrN5O5. The first kappa shape index (κ1) is 22.8. The van der Waals surface area contributed by atoms with E-state index in [9.17, 15) is 14.4 Å². The van der Waals surface area contributed by atoms with E-state index >= 15 is 0 Å². The smallest absolute Gasteiger partial charge is 0.328 e. The average molecular weight is 494 g/mol. The van der Waals surface area contributed by atoms with Crippen molar-refractivity contribution in [3.8, 4) is 0 Å². The van der Waals surface area contributed by atoms with E-state index in [4.69, 9.17) is 15.9 Å². The average Bonchev–Trinajstić information content (AvgIpc) is 3.49. The molecule has 1 aliphatic carbocycles. The highest BCUT2D eigenvalue weighted by Gasteiger charge is 2.31. The number of hydrogen-bond donors (Lipinski definition) is 5. The van der Waals surface area contributed by atoms with Gasteiger partial charge >= 0.3 is 11.9 Å². The summed E-state index contributed by atoms with van der Waals surface area (Å²) in [6, 6.07) is 0.183. The molecule has 0 unspecified atom stereocenters. The van der Waals surface area contributed by atoms with E-state index in [0.29, 0.717) is 12.2 Å². The van der Waals surface area contributed by atoms with E-state index in [0.717, 1.165) is 65.7 Å². The van der Waals surface area contributed by atoms with Crippen LogP contribution < -0.4 is 16.0 Å². The monoisotopic (exact) mass is 493 g/mol. The first-order valence-corrected chi connectivity index (χ1v) is 10.7. The van der Waals surface area contributed by atoms with Gasteiger partial charge in [0.05, 0.1) is 21.2 Å². The number of piperidine rings is 1. The van der Waals surface area contributed by atoms with Crippen molar-refractivity contribution in [2.45, 2.75) is 31.7 Å². The minimum Gasteiger partial charge on any atom is -0.478 e. The summed E-state index contributed by atoms with van der Waals surface area (Å²) in [5.41, 5.74) is 8.81. The zero-order valence-corrected chi connectivity index (χ0v) is 18.3. The SMILES string of the molecule is N[C@@H]1CCCN(c2c(Br)cnc3[nH]cc(NC(=O)C4CC4)c23)C1.O=C(O)/C=C/C(=O)O. The van der Waals surface area contributed by atoms with Crippen LogP contribution in [-0.4, -0.2) is 57.2 Å². The van der Waals surface area contributed by atoms with E-state index in [1.807, 2.05) is 6.20 Å². The standard InChI is InChI=1S/C16H20BrN5O.C4H4O4/c17-11-6-19-15-13(14(11)22-5-1-2-10(18)8-22)12(7-20-15)21-16(23)9-3-4-9;5-3(6)1-2-4(7)8/h6-7,9-10H,1-5,8,18H2,(H,19,20)(H,21,23);1-2H,(H,5,6)(H,7,8)/b;2-1+/t10-;/m1./s1.